The molecule has 16 heteroatoms. The summed E-state index contributed by atoms with van der Waals surface area (Å²) in [7, 11) is -3.08. The van der Waals surface area contributed by atoms with Gasteiger partial charge in [0.05, 0.1) is 31.9 Å². The number of aliphatic hydroxyl groups is 2. The normalized spacial score (nSPS) is 33.8. The van der Waals surface area contributed by atoms with E-state index in [-0.39, 0.29) is 58.6 Å². The summed E-state index contributed by atoms with van der Waals surface area (Å²) in [4.78, 5) is 62.0. The monoisotopic (exact) mass is 1060 g/mol. The molecular formula is C59H84N2O13P+. The third kappa shape index (κ3) is 12.0. The second-order valence-electron chi connectivity index (χ2n) is 23.9. The number of likely N-dealkylation sites (tertiary alicyclic amines) is 1. The zero-order valence-corrected chi connectivity index (χ0v) is 45.5. The van der Waals surface area contributed by atoms with E-state index < -0.39 is 67.5 Å². The third-order valence-corrected chi connectivity index (χ3v) is 19.5. The molecule has 2 aromatic rings. The van der Waals surface area contributed by atoms with Crippen LogP contribution in [0.15, 0.2) is 72.3 Å². The molecule has 12 atom stereocenters. The molecular weight excluding hydrogens is 976 g/mol. The van der Waals surface area contributed by atoms with Gasteiger partial charge in [0.1, 0.15) is 12.3 Å². The number of likely N-dealkylation sites (N-methyl/N-ethyl adjacent to an activating group) is 1. The highest BCUT2D eigenvalue weighted by Crippen LogP contribution is 2.70. The molecule has 2 saturated heterocycles. The molecule has 2 aromatic carbocycles. The van der Waals surface area contributed by atoms with Gasteiger partial charge in [-0.05, 0) is 124 Å². The number of esters is 1. The number of benzene rings is 2. The number of hydrogen-bond donors (Lipinski definition) is 5. The van der Waals surface area contributed by atoms with Crippen LogP contribution in [-0.2, 0) is 50.9 Å². The number of nitrogens with zero attached hydrogens (tertiary/aromatic N) is 1. The van der Waals surface area contributed by atoms with Crippen molar-refractivity contribution in [3.05, 3.63) is 89.0 Å². The van der Waals surface area contributed by atoms with Gasteiger partial charge in [0.2, 0.25) is 5.78 Å². The number of quaternary nitrogens is 1. The van der Waals surface area contributed by atoms with Gasteiger partial charge in [-0.25, -0.2) is 9.36 Å². The van der Waals surface area contributed by atoms with Crippen LogP contribution in [0.1, 0.15) is 146 Å². The number of phosphoric ester groups is 1. The zero-order valence-electron chi connectivity index (χ0n) is 44.6. The van der Waals surface area contributed by atoms with E-state index in [1.807, 2.05) is 19.2 Å². The molecule has 6 fully saturated rings. The number of Topliss-reactive ketones (excluding diaryl/α,β-unsaturated/α-hetero) is 1. The molecule has 0 amide bonds. The third-order valence-electron chi connectivity index (χ3n) is 19.0. The van der Waals surface area contributed by atoms with Crippen LogP contribution < -0.4 is 9.84 Å². The SMILES string of the molecule is C[C@]12C=CC(=O)C=C1CC[C@@H]1[C@@H]2[C@@H](O)C[C@@]2(C)[C@H]1C[C@H]1O[C@@H](C3CCCCC3)O[C@]12C(=O)COC(=O)[C@@H]1CCC[N+]1(C)Cc1cc(C(O)CNCCCCCCOCCCCc2ccccc2)ccc1OP(=O)(O)O. The van der Waals surface area contributed by atoms with Crippen LogP contribution >= 0.6 is 7.82 Å². The Hall–Kier alpha value is -3.60. The number of carbonyl (C=O) groups excluding carboxylic acids is 3. The topological polar surface area (TPSA) is 207 Å². The van der Waals surface area contributed by atoms with E-state index in [4.69, 9.17) is 23.5 Å². The smallest absolute Gasteiger partial charge is 0.453 e. The molecule has 4 saturated carbocycles. The van der Waals surface area contributed by atoms with Crippen molar-refractivity contribution >= 4 is 25.4 Å². The second-order valence-corrected chi connectivity index (χ2v) is 25.0. The Morgan fingerprint density at radius 2 is 1.71 bits per heavy atom. The maximum absolute atomic E-state index is 15.3. The van der Waals surface area contributed by atoms with Crippen LogP contribution in [0.4, 0.5) is 0 Å². The van der Waals surface area contributed by atoms with E-state index in [1.165, 1.54) is 11.6 Å². The molecule has 5 N–H and O–H groups in total. The minimum absolute atomic E-state index is 0.0245. The Balaban J connectivity index is 0.815. The molecule has 5 aliphatic carbocycles. The summed E-state index contributed by atoms with van der Waals surface area (Å²) in [6.07, 6.45) is 18.4. The molecule has 2 heterocycles. The summed E-state index contributed by atoms with van der Waals surface area (Å²) in [5.74, 6) is -0.973. The fraction of sp³-hybridized carbons (Fsp3) is 0.678. The molecule has 2 aliphatic heterocycles. The average molecular weight is 1060 g/mol. The van der Waals surface area contributed by atoms with Gasteiger partial charge in [-0.2, -0.15) is 0 Å². The molecule has 7 aliphatic rings. The molecule has 15 nitrogen and oxygen atoms in total. The van der Waals surface area contributed by atoms with E-state index in [2.05, 4.69) is 43.4 Å². The van der Waals surface area contributed by atoms with Gasteiger partial charge >= 0.3 is 13.8 Å². The Morgan fingerprint density at radius 1 is 0.947 bits per heavy atom. The summed E-state index contributed by atoms with van der Waals surface area (Å²) < 4.78 is 43.5. The zero-order chi connectivity index (χ0) is 53.0. The predicted molar refractivity (Wildman–Crippen MR) is 282 cm³/mol. The Morgan fingerprint density at radius 3 is 2.48 bits per heavy atom. The molecule has 9 rings (SSSR count). The van der Waals surface area contributed by atoms with Gasteiger partial charge in [-0.15, -0.1) is 0 Å². The number of rotatable bonds is 24. The highest BCUT2D eigenvalue weighted by molar-refractivity contribution is 7.46. The van der Waals surface area contributed by atoms with E-state index in [0.29, 0.717) is 43.4 Å². The number of fused-ring (bicyclic) bond motifs is 7. The van der Waals surface area contributed by atoms with Crippen molar-refractivity contribution in [3.8, 4) is 5.75 Å². The number of carbonyl (C=O) groups is 3. The minimum Gasteiger partial charge on any atom is -0.453 e. The van der Waals surface area contributed by atoms with Gasteiger partial charge in [0.15, 0.2) is 30.3 Å². The molecule has 0 spiro atoms. The number of aliphatic hydroxyl groups excluding tert-OH is 2. The lowest BCUT2D eigenvalue weighted by atomic mass is 9.46. The summed E-state index contributed by atoms with van der Waals surface area (Å²) in [6.45, 7) is 6.89. The molecule has 412 valence electrons. The van der Waals surface area contributed by atoms with E-state index in [9.17, 15) is 34.2 Å². The largest absolute Gasteiger partial charge is 0.524 e. The van der Waals surface area contributed by atoms with Crippen molar-refractivity contribution in [3.63, 3.8) is 0 Å². The highest BCUT2D eigenvalue weighted by Gasteiger charge is 2.76. The molecule has 75 heavy (non-hydrogen) atoms. The number of ether oxygens (including phenoxy) is 4. The number of allylic oxidation sites excluding steroid dienone is 4. The lowest BCUT2D eigenvalue weighted by Gasteiger charge is -2.59. The number of nitrogens with one attached hydrogen (secondary N) is 1. The molecule has 0 bridgehead atoms. The summed E-state index contributed by atoms with van der Waals surface area (Å²) in [5, 5.41) is 27.0. The number of unbranched alkanes of at least 4 members (excludes halogenated alkanes) is 4. The van der Waals surface area contributed by atoms with Gasteiger partial charge < -0.3 is 43.5 Å². The summed E-state index contributed by atoms with van der Waals surface area (Å²) in [6, 6.07) is 14.6. The standard InChI is InChI=1S/C59H83N2O13P/c1-57-28-27-45(62)34-44(57)24-25-46-47-35-53-59(58(47,2)36-49(63)54(46)57,73-56(72-53)41-20-10-7-11-21-41)52(65)39-71-55(66)48-22-16-30-61(48,3)38-43-33-42(23-26-51(43)74-75(67,68)69)50(64)37-60-29-13-4-5-14-31-70-32-15-12-19-40-17-8-6-9-18-40/h6,8-9,17-18,23,26-28,33-34,41,46-50,53-54,56,60,63-64H,4-5,7,10-16,19-22,24-25,29-32,35-39H2,1-3H3,(H-,67,68,69)/p+1/t46-,47-,48-,49-,50?,53+,54+,56+,57-,58-,59+,61?/m0/s1. The van der Waals surface area contributed by atoms with Crippen LogP contribution in [0.25, 0.3) is 0 Å². The Bertz CT molecular complexity index is 2440. The van der Waals surface area contributed by atoms with Crippen LogP contribution in [0, 0.1) is 34.5 Å². The van der Waals surface area contributed by atoms with Gasteiger partial charge in [-0.1, -0.05) is 94.0 Å². The van der Waals surface area contributed by atoms with Crippen molar-refractivity contribution in [2.75, 3.05) is 46.5 Å². The number of aryl methyl sites for hydroxylation is 1. The fourth-order valence-corrected chi connectivity index (χ4v) is 15.6. The lowest BCUT2D eigenvalue weighted by molar-refractivity contribution is -0.926. The first-order valence-corrected chi connectivity index (χ1v) is 29.9. The predicted octanol–water partition coefficient (Wildman–Crippen LogP) is 8.55. The second kappa shape index (κ2) is 23.8. The molecule has 2 unspecified atom stereocenters. The number of phosphoric acid groups is 1. The van der Waals surface area contributed by atoms with E-state index >= 15 is 4.79 Å². The quantitative estimate of drug-likeness (QED) is 0.0289. The van der Waals surface area contributed by atoms with Crippen molar-refractivity contribution in [2.45, 2.75) is 172 Å². The first kappa shape index (κ1) is 56.1. The Labute approximate surface area is 444 Å². The first-order valence-electron chi connectivity index (χ1n) is 28.3. The van der Waals surface area contributed by atoms with Crippen LogP contribution in [0.3, 0.4) is 0 Å². The van der Waals surface area contributed by atoms with Crippen LogP contribution in [0.5, 0.6) is 5.75 Å². The van der Waals surface area contributed by atoms with Gasteiger partial charge in [0.25, 0.3) is 0 Å². The number of hydrogen-bond acceptors (Lipinski definition) is 12. The van der Waals surface area contributed by atoms with Crippen molar-refractivity contribution in [1.82, 2.24) is 5.32 Å². The van der Waals surface area contributed by atoms with E-state index in [1.54, 1.807) is 24.3 Å². The Kier molecular flexibility index (Phi) is 17.8. The van der Waals surface area contributed by atoms with Crippen LogP contribution in [-0.4, -0.2) is 119 Å². The van der Waals surface area contributed by atoms with Crippen molar-refractivity contribution in [1.29, 1.82) is 0 Å². The molecule has 0 radical (unpaired) electrons. The minimum atomic E-state index is -4.98. The average Bonchev–Trinajstić information content (AvgIpc) is 4.16. The highest BCUT2D eigenvalue weighted by atomic mass is 31.2. The fourth-order valence-electron chi connectivity index (χ4n) is 15.2. The van der Waals surface area contributed by atoms with Gasteiger partial charge in [0, 0.05) is 60.8 Å². The maximum Gasteiger partial charge on any atom is 0.524 e. The summed E-state index contributed by atoms with van der Waals surface area (Å²) in [5.41, 5.74) is 0.619. The van der Waals surface area contributed by atoms with Crippen molar-refractivity contribution < 1.29 is 66.9 Å². The van der Waals surface area contributed by atoms with Gasteiger partial charge in [-0.3, -0.25) is 19.4 Å². The van der Waals surface area contributed by atoms with E-state index in [0.717, 1.165) is 115 Å². The van der Waals surface area contributed by atoms with Crippen molar-refractivity contribution in [2.24, 2.45) is 34.5 Å². The van der Waals surface area contributed by atoms with Crippen LogP contribution in [0.2, 0.25) is 0 Å². The lowest BCUT2D eigenvalue weighted by Crippen LogP contribution is -2.64. The molecule has 0 aromatic heterocycles. The summed E-state index contributed by atoms with van der Waals surface area (Å²) >= 11 is 0. The number of ketones is 2. The maximum atomic E-state index is 15.3. The first-order chi connectivity index (χ1) is 35.9.